The maximum atomic E-state index is 12.7. The number of carbonyl (C=O) groups is 3. The van der Waals surface area contributed by atoms with Crippen LogP contribution in [0.3, 0.4) is 0 Å². The molecule has 0 saturated carbocycles. The fourth-order valence-corrected chi connectivity index (χ4v) is 3.48. The van der Waals surface area contributed by atoms with Gasteiger partial charge < -0.3 is 20.7 Å². The molecule has 0 radical (unpaired) electrons. The molecule has 1 heterocycles. The lowest BCUT2D eigenvalue weighted by molar-refractivity contribution is -0.122. The number of ether oxygens (including phenoxy) is 1. The van der Waals surface area contributed by atoms with Crippen molar-refractivity contribution in [3.63, 3.8) is 0 Å². The first-order valence-electron chi connectivity index (χ1n) is 8.24. The Bertz CT molecular complexity index is 916. The molecule has 3 N–H and O–H groups in total. The number of para-hydroxylation sites is 1. The Morgan fingerprint density at radius 3 is 2.67 bits per heavy atom. The van der Waals surface area contributed by atoms with E-state index in [0.29, 0.717) is 11.4 Å². The average molecular weight is 432 g/mol. The van der Waals surface area contributed by atoms with Crippen molar-refractivity contribution in [2.24, 2.45) is 11.7 Å². The second kappa shape index (κ2) is 7.79. The molecule has 1 fully saturated rings. The van der Waals surface area contributed by atoms with Crippen LogP contribution in [-0.2, 0) is 9.59 Å². The van der Waals surface area contributed by atoms with Gasteiger partial charge in [-0.2, -0.15) is 0 Å². The SMILES string of the molecule is COc1ccc(C(N)=O)cc1NC(=O)C1CC(=O)N(c2ccccc2Br)C1. The summed E-state index contributed by atoms with van der Waals surface area (Å²) in [6.45, 7) is 0.269. The van der Waals surface area contributed by atoms with E-state index < -0.39 is 11.8 Å². The Hall–Kier alpha value is -2.87. The predicted molar refractivity (Wildman–Crippen MR) is 105 cm³/mol. The lowest BCUT2D eigenvalue weighted by atomic mass is 10.1. The zero-order valence-corrected chi connectivity index (χ0v) is 16.2. The van der Waals surface area contributed by atoms with E-state index in [-0.39, 0.29) is 30.3 Å². The molecule has 1 saturated heterocycles. The van der Waals surface area contributed by atoms with Gasteiger partial charge >= 0.3 is 0 Å². The zero-order chi connectivity index (χ0) is 19.6. The second-order valence-electron chi connectivity index (χ2n) is 6.13. The van der Waals surface area contributed by atoms with Crippen molar-refractivity contribution in [3.05, 3.63) is 52.5 Å². The number of primary amides is 1. The third kappa shape index (κ3) is 3.95. The number of amides is 3. The molecule has 2 aromatic carbocycles. The van der Waals surface area contributed by atoms with E-state index in [2.05, 4.69) is 21.2 Å². The molecular formula is C19H18BrN3O4. The highest BCUT2D eigenvalue weighted by molar-refractivity contribution is 9.10. The molecule has 3 amide bonds. The van der Waals surface area contributed by atoms with Gasteiger partial charge in [-0.1, -0.05) is 12.1 Å². The maximum Gasteiger partial charge on any atom is 0.248 e. The quantitative estimate of drug-likeness (QED) is 0.758. The highest BCUT2D eigenvalue weighted by atomic mass is 79.9. The Kier molecular flexibility index (Phi) is 5.46. The lowest BCUT2D eigenvalue weighted by Crippen LogP contribution is -2.28. The first-order chi connectivity index (χ1) is 12.9. The number of halogens is 1. The normalized spacial score (nSPS) is 16.3. The Labute approximate surface area is 164 Å². The van der Waals surface area contributed by atoms with Gasteiger partial charge in [0, 0.05) is 23.0 Å². The van der Waals surface area contributed by atoms with Crippen LogP contribution in [0.5, 0.6) is 5.75 Å². The Morgan fingerprint density at radius 2 is 2.00 bits per heavy atom. The van der Waals surface area contributed by atoms with Crippen LogP contribution in [0.1, 0.15) is 16.8 Å². The van der Waals surface area contributed by atoms with Crippen molar-refractivity contribution >= 4 is 45.0 Å². The molecule has 0 spiro atoms. The Morgan fingerprint density at radius 1 is 1.26 bits per heavy atom. The molecule has 0 aliphatic carbocycles. The number of rotatable bonds is 5. The fraction of sp³-hybridized carbons (Fsp3) is 0.211. The van der Waals surface area contributed by atoms with Gasteiger partial charge in [0.25, 0.3) is 0 Å². The molecule has 0 aromatic heterocycles. The number of anilines is 2. The van der Waals surface area contributed by atoms with E-state index in [4.69, 9.17) is 10.5 Å². The highest BCUT2D eigenvalue weighted by Gasteiger charge is 2.36. The second-order valence-corrected chi connectivity index (χ2v) is 6.98. The molecule has 8 heteroatoms. The van der Waals surface area contributed by atoms with Crippen LogP contribution in [0.2, 0.25) is 0 Å². The van der Waals surface area contributed by atoms with Gasteiger partial charge in [-0.25, -0.2) is 0 Å². The summed E-state index contributed by atoms with van der Waals surface area (Å²) in [7, 11) is 1.46. The van der Waals surface area contributed by atoms with Crippen LogP contribution in [-0.4, -0.2) is 31.4 Å². The number of nitrogens with two attached hydrogens (primary N) is 1. The van der Waals surface area contributed by atoms with E-state index in [9.17, 15) is 14.4 Å². The summed E-state index contributed by atoms with van der Waals surface area (Å²) in [6, 6.07) is 11.9. The fourth-order valence-electron chi connectivity index (χ4n) is 2.98. The number of nitrogens with one attached hydrogen (secondary N) is 1. The van der Waals surface area contributed by atoms with Crippen LogP contribution in [0.4, 0.5) is 11.4 Å². The monoisotopic (exact) mass is 431 g/mol. The van der Waals surface area contributed by atoms with Crippen molar-refractivity contribution in [1.82, 2.24) is 0 Å². The molecule has 7 nitrogen and oxygen atoms in total. The van der Waals surface area contributed by atoms with Crippen LogP contribution >= 0.6 is 15.9 Å². The smallest absolute Gasteiger partial charge is 0.248 e. The number of nitrogens with zero attached hydrogens (tertiary/aromatic N) is 1. The molecule has 27 heavy (non-hydrogen) atoms. The predicted octanol–water partition coefficient (Wildman–Crippen LogP) is 2.55. The minimum absolute atomic E-state index is 0.102. The van der Waals surface area contributed by atoms with Crippen LogP contribution < -0.4 is 20.7 Å². The van der Waals surface area contributed by atoms with Gasteiger partial charge in [0.05, 0.1) is 24.4 Å². The van der Waals surface area contributed by atoms with Gasteiger partial charge in [-0.05, 0) is 46.3 Å². The van der Waals surface area contributed by atoms with E-state index >= 15 is 0 Å². The summed E-state index contributed by atoms with van der Waals surface area (Å²) in [5, 5.41) is 2.74. The molecule has 1 atom stereocenters. The van der Waals surface area contributed by atoms with Crippen molar-refractivity contribution < 1.29 is 19.1 Å². The van der Waals surface area contributed by atoms with Crippen LogP contribution in [0.25, 0.3) is 0 Å². The Balaban J connectivity index is 1.78. The van der Waals surface area contributed by atoms with Crippen molar-refractivity contribution in [2.75, 3.05) is 23.9 Å². The van der Waals surface area contributed by atoms with Crippen molar-refractivity contribution in [1.29, 1.82) is 0 Å². The third-order valence-electron chi connectivity index (χ3n) is 4.38. The molecule has 1 aliphatic heterocycles. The third-order valence-corrected chi connectivity index (χ3v) is 5.05. The molecule has 1 aliphatic rings. The number of hydrogen-bond acceptors (Lipinski definition) is 4. The van der Waals surface area contributed by atoms with Gasteiger partial charge in [0.1, 0.15) is 5.75 Å². The summed E-state index contributed by atoms with van der Waals surface area (Å²) in [6.07, 6.45) is 0.102. The van der Waals surface area contributed by atoms with Crippen LogP contribution in [0, 0.1) is 5.92 Å². The number of carbonyl (C=O) groups excluding carboxylic acids is 3. The van der Waals surface area contributed by atoms with E-state index in [1.54, 1.807) is 11.0 Å². The minimum Gasteiger partial charge on any atom is -0.495 e. The first kappa shape index (κ1) is 18.9. The van der Waals surface area contributed by atoms with Crippen molar-refractivity contribution in [3.8, 4) is 5.75 Å². The van der Waals surface area contributed by atoms with E-state index in [0.717, 1.165) is 10.2 Å². The molecule has 3 rings (SSSR count). The zero-order valence-electron chi connectivity index (χ0n) is 14.6. The molecule has 2 aromatic rings. The van der Waals surface area contributed by atoms with Gasteiger partial charge in [0.2, 0.25) is 17.7 Å². The first-order valence-corrected chi connectivity index (χ1v) is 9.03. The summed E-state index contributed by atoms with van der Waals surface area (Å²) in [4.78, 5) is 38.1. The largest absolute Gasteiger partial charge is 0.495 e. The number of hydrogen-bond donors (Lipinski definition) is 2. The summed E-state index contributed by atoms with van der Waals surface area (Å²) < 4.78 is 6.01. The lowest BCUT2D eigenvalue weighted by Gasteiger charge is -2.18. The van der Waals surface area contributed by atoms with Crippen LogP contribution in [0.15, 0.2) is 46.9 Å². The minimum atomic E-state index is -0.607. The summed E-state index contributed by atoms with van der Waals surface area (Å²) in [5.74, 6) is -1.17. The van der Waals surface area contributed by atoms with Gasteiger partial charge in [0.15, 0.2) is 0 Å². The average Bonchev–Trinajstić information content (AvgIpc) is 3.03. The summed E-state index contributed by atoms with van der Waals surface area (Å²) in [5.41, 5.74) is 6.61. The van der Waals surface area contributed by atoms with E-state index in [1.807, 2.05) is 24.3 Å². The summed E-state index contributed by atoms with van der Waals surface area (Å²) >= 11 is 3.43. The molecule has 140 valence electrons. The molecule has 1 unspecified atom stereocenters. The van der Waals surface area contributed by atoms with E-state index in [1.165, 1.54) is 19.2 Å². The van der Waals surface area contributed by atoms with Gasteiger partial charge in [-0.15, -0.1) is 0 Å². The maximum absolute atomic E-state index is 12.7. The number of methoxy groups -OCH3 is 1. The standard InChI is InChI=1S/C19H18BrN3O4/c1-27-16-7-6-11(18(21)25)8-14(16)22-19(26)12-9-17(24)23(10-12)15-5-3-2-4-13(15)20/h2-8,12H,9-10H2,1H3,(H2,21,25)(H,22,26). The molecular weight excluding hydrogens is 414 g/mol. The highest BCUT2D eigenvalue weighted by Crippen LogP contribution is 2.32. The molecule has 0 bridgehead atoms. The van der Waals surface area contributed by atoms with Gasteiger partial charge in [-0.3, -0.25) is 14.4 Å². The number of benzene rings is 2. The van der Waals surface area contributed by atoms with Crippen molar-refractivity contribution in [2.45, 2.75) is 6.42 Å². The topological polar surface area (TPSA) is 102 Å².